The molecule has 28 heavy (non-hydrogen) atoms. The Morgan fingerprint density at radius 1 is 1.00 bits per heavy atom. The molecule has 0 bridgehead atoms. The van der Waals surface area contributed by atoms with Gasteiger partial charge in [0.2, 0.25) is 11.7 Å². The van der Waals surface area contributed by atoms with Crippen LogP contribution in [0.5, 0.6) is 17.2 Å². The first-order chi connectivity index (χ1) is 13.4. The Labute approximate surface area is 165 Å². The van der Waals surface area contributed by atoms with Gasteiger partial charge in [-0.05, 0) is 19.1 Å². The van der Waals surface area contributed by atoms with E-state index in [1.807, 2.05) is 32.0 Å². The summed E-state index contributed by atoms with van der Waals surface area (Å²) in [5, 5.41) is 5.96. The van der Waals surface area contributed by atoms with Crippen LogP contribution in [0, 0.1) is 6.92 Å². The predicted molar refractivity (Wildman–Crippen MR) is 108 cm³/mol. The maximum atomic E-state index is 12.5. The fourth-order valence-corrected chi connectivity index (χ4v) is 2.52. The standard InChI is InChI=1S/C19H27N5O4/c1-12-9-16(24(2)3)23-19(22-12)21-8-7-20-18(25)13-10-14(26-4)17(28-6)15(11-13)27-5/h9-11H,7-8H2,1-6H3,(H,20,25)(H,21,22,23). The minimum atomic E-state index is -0.250. The normalized spacial score (nSPS) is 10.2. The zero-order chi connectivity index (χ0) is 20.7. The number of benzene rings is 1. The molecule has 1 aromatic carbocycles. The molecule has 0 fully saturated rings. The third-order valence-electron chi connectivity index (χ3n) is 3.92. The lowest BCUT2D eigenvalue weighted by Crippen LogP contribution is -2.29. The molecule has 0 aliphatic rings. The van der Waals surface area contributed by atoms with Crippen LogP contribution in [0.4, 0.5) is 11.8 Å². The number of carbonyl (C=O) groups is 1. The monoisotopic (exact) mass is 389 g/mol. The first-order valence-corrected chi connectivity index (χ1v) is 8.74. The number of carbonyl (C=O) groups excluding carboxylic acids is 1. The van der Waals surface area contributed by atoms with Crippen molar-refractivity contribution in [1.82, 2.24) is 15.3 Å². The SMILES string of the molecule is COc1cc(C(=O)NCCNc2nc(C)cc(N(C)C)n2)cc(OC)c1OC. The molecule has 0 spiro atoms. The van der Waals surface area contributed by atoms with Crippen molar-refractivity contribution in [2.75, 3.05) is 58.7 Å². The highest BCUT2D eigenvalue weighted by molar-refractivity contribution is 5.95. The van der Waals surface area contributed by atoms with Crippen molar-refractivity contribution in [2.45, 2.75) is 6.92 Å². The van der Waals surface area contributed by atoms with E-state index in [4.69, 9.17) is 14.2 Å². The largest absolute Gasteiger partial charge is 0.493 e. The highest BCUT2D eigenvalue weighted by Crippen LogP contribution is 2.38. The van der Waals surface area contributed by atoms with Gasteiger partial charge in [0.15, 0.2) is 11.5 Å². The topological polar surface area (TPSA) is 97.8 Å². The Kier molecular flexibility index (Phi) is 7.25. The van der Waals surface area contributed by atoms with Gasteiger partial charge in [0.25, 0.3) is 5.91 Å². The summed E-state index contributed by atoms with van der Waals surface area (Å²) in [7, 11) is 8.37. The van der Waals surface area contributed by atoms with E-state index in [0.717, 1.165) is 11.5 Å². The van der Waals surface area contributed by atoms with Crippen LogP contribution in [-0.4, -0.2) is 64.4 Å². The van der Waals surface area contributed by atoms with Crippen LogP contribution in [0.25, 0.3) is 0 Å². The molecule has 1 aromatic heterocycles. The summed E-state index contributed by atoms with van der Waals surface area (Å²) in [6.07, 6.45) is 0. The third kappa shape index (κ3) is 5.15. The van der Waals surface area contributed by atoms with Crippen LogP contribution in [0.2, 0.25) is 0 Å². The first kappa shape index (κ1) is 21.1. The van der Waals surface area contributed by atoms with Crippen molar-refractivity contribution < 1.29 is 19.0 Å². The van der Waals surface area contributed by atoms with Crippen molar-refractivity contribution in [1.29, 1.82) is 0 Å². The number of anilines is 2. The summed E-state index contributed by atoms with van der Waals surface area (Å²) in [6, 6.07) is 5.12. The fourth-order valence-electron chi connectivity index (χ4n) is 2.52. The van der Waals surface area contributed by atoms with Crippen LogP contribution in [0.3, 0.4) is 0 Å². The van der Waals surface area contributed by atoms with Gasteiger partial charge in [-0.1, -0.05) is 0 Å². The molecular weight excluding hydrogens is 362 g/mol. The van der Waals surface area contributed by atoms with Gasteiger partial charge in [-0.2, -0.15) is 4.98 Å². The number of rotatable bonds is 9. The second kappa shape index (κ2) is 9.63. The molecule has 2 rings (SSSR count). The summed E-state index contributed by atoms with van der Waals surface area (Å²) in [4.78, 5) is 23.1. The number of methoxy groups -OCH3 is 3. The number of aryl methyl sites for hydroxylation is 1. The molecule has 0 saturated heterocycles. The van der Waals surface area contributed by atoms with E-state index in [1.165, 1.54) is 21.3 Å². The number of ether oxygens (including phenoxy) is 3. The average molecular weight is 389 g/mol. The molecule has 2 aromatic rings. The molecule has 0 radical (unpaired) electrons. The minimum Gasteiger partial charge on any atom is -0.493 e. The zero-order valence-corrected chi connectivity index (χ0v) is 17.1. The van der Waals surface area contributed by atoms with Crippen LogP contribution < -0.4 is 29.7 Å². The van der Waals surface area contributed by atoms with Gasteiger partial charge in [0, 0.05) is 44.5 Å². The van der Waals surface area contributed by atoms with Gasteiger partial charge in [-0.3, -0.25) is 4.79 Å². The second-order valence-electron chi connectivity index (χ2n) is 6.18. The van der Waals surface area contributed by atoms with Crippen molar-refractivity contribution in [3.63, 3.8) is 0 Å². The summed E-state index contributed by atoms with van der Waals surface area (Å²) in [5.41, 5.74) is 1.28. The molecule has 2 N–H and O–H groups in total. The van der Waals surface area contributed by atoms with Crippen molar-refractivity contribution >= 4 is 17.7 Å². The van der Waals surface area contributed by atoms with Crippen molar-refractivity contribution in [3.8, 4) is 17.2 Å². The number of aromatic nitrogens is 2. The van der Waals surface area contributed by atoms with E-state index in [2.05, 4.69) is 20.6 Å². The lowest BCUT2D eigenvalue weighted by molar-refractivity contribution is 0.0954. The third-order valence-corrected chi connectivity index (χ3v) is 3.92. The van der Waals surface area contributed by atoms with Crippen molar-refractivity contribution in [3.05, 3.63) is 29.5 Å². The number of nitrogens with zero attached hydrogens (tertiary/aromatic N) is 3. The summed E-state index contributed by atoms with van der Waals surface area (Å²) >= 11 is 0. The summed E-state index contributed by atoms with van der Waals surface area (Å²) in [5.74, 6) is 2.38. The van der Waals surface area contributed by atoms with Gasteiger partial charge in [0.1, 0.15) is 5.82 Å². The molecule has 9 nitrogen and oxygen atoms in total. The molecule has 0 saturated carbocycles. The molecule has 0 unspecified atom stereocenters. The smallest absolute Gasteiger partial charge is 0.251 e. The molecule has 9 heteroatoms. The average Bonchev–Trinajstić information content (AvgIpc) is 2.69. The number of hydrogen-bond donors (Lipinski definition) is 2. The molecule has 152 valence electrons. The predicted octanol–water partition coefficient (Wildman–Crippen LogP) is 1.72. The molecule has 1 heterocycles. The molecular formula is C19H27N5O4. The minimum absolute atomic E-state index is 0.250. The lowest BCUT2D eigenvalue weighted by atomic mass is 10.1. The molecule has 0 aliphatic heterocycles. The zero-order valence-electron chi connectivity index (χ0n) is 17.1. The number of hydrogen-bond acceptors (Lipinski definition) is 8. The highest BCUT2D eigenvalue weighted by Gasteiger charge is 2.16. The Hall–Kier alpha value is -3.23. The van der Waals surface area contributed by atoms with Crippen molar-refractivity contribution in [2.24, 2.45) is 0 Å². The quantitative estimate of drug-likeness (QED) is 0.626. The van der Waals surface area contributed by atoms with Gasteiger partial charge >= 0.3 is 0 Å². The first-order valence-electron chi connectivity index (χ1n) is 8.74. The Bertz CT molecular complexity index is 801. The Morgan fingerprint density at radius 2 is 1.64 bits per heavy atom. The van der Waals surface area contributed by atoms with Crippen LogP contribution in [-0.2, 0) is 0 Å². The number of nitrogens with one attached hydrogen (secondary N) is 2. The second-order valence-corrected chi connectivity index (χ2v) is 6.18. The van der Waals surface area contributed by atoms with Crippen LogP contribution in [0.15, 0.2) is 18.2 Å². The molecule has 0 aliphatic carbocycles. The lowest BCUT2D eigenvalue weighted by Gasteiger charge is -2.15. The van der Waals surface area contributed by atoms with Crippen LogP contribution >= 0.6 is 0 Å². The van der Waals surface area contributed by atoms with Gasteiger partial charge < -0.3 is 29.7 Å². The maximum absolute atomic E-state index is 12.5. The molecule has 0 atom stereocenters. The van der Waals surface area contributed by atoms with Gasteiger partial charge in [0.05, 0.1) is 21.3 Å². The van der Waals surface area contributed by atoms with E-state index >= 15 is 0 Å². The Balaban J connectivity index is 1.98. The van der Waals surface area contributed by atoms with E-state index in [-0.39, 0.29) is 5.91 Å². The van der Waals surface area contributed by atoms with Gasteiger partial charge in [-0.15, -0.1) is 0 Å². The Morgan fingerprint density at radius 3 is 2.18 bits per heavy atom. The van der Waals surface area contributed by atoms with E-state index < -0.39 is 0 Å². The van der Waals surface area contributed by atoms with Crippen LogP contribution in [0.1, 0.15) is 16.1 Å². The fraction of sp³-hybridized carbons (Fsp3) is 0.421. The summed E-state index contributed by atoms with van der Waals surface area (Å²) in [6.45, 7) is 2.78. The highest BCUT2D eigenvalue weighted by atomic mass is 16.5. The number of amides is 1. The van der Waals surface area contributed by atoms with Gasteiger partial charge in [-0.25, -0.2) is 4.98 Å². The van der Waals surface area contributed by atoms with E-state index in [1.54, 1.807) is 12.1 Å². The summed E-state index contributed by atoms with van der Waals surface area (Å²) < 4.78 is 15.8. The van der Waals surface area contributed by atoms with E-state index in [9.17, 15) is 4.79 Å². The molecule has 1 amide bonds. The van der Waals surface area contributed by atoms with E-state index in [0.29, 0.717) is 41.8 Å². The maximum Gasteiger partial charge on any atom is 0.251 e.